The lowest BCUT2D eigenvalue weighted by Crippen LogP contribution is -2.19. The molecule has 2 heterocycles. The molecule has 5 heteroatoms. The van der Waals surface area contributed by atoms with Crippen molar-refractivity contribution in [3.8, 4) is 11.4 Å². The van der Waals surface area contributed by atoms with Gasteiger partial charge in [-0.1, -0.05) is 48.0 Å². The van der Waals surface area contributed by atoms with Crippen molar-refractivity contribution in [2.75, 3.05) is 23.3 Å². The molecule has 25 heavy (non-hydrogen) atoms. The molecule has 0 atom stereocenters. The fourth-order valence-electron chi connectivity index (χ4n) is 3.04. The molecule has 1 fully saturated rings. The zero-order chi connectivity index (χ0) is 17.1. The number of rotatable bonds is 4. The summed E-state index contributed by atoms with van der Waals surface area (Å²) in [5.74, 6) is 2.48. The lowest BCUT2D eigenvalue weighted by atomic mass is 10.2. The Hall–Kier alpha value is -2.59. The molecule has 0 spiro atoms. The maximum Gasteiger partial charge on any atom is 0.163 e. The summed E-state index contributed by atoms with van der Waals surface area (Å²) in [6, 6.07) is 19.7. The summed E-state index contributed by atoms with van der Waals surface area (Å²) in [6.45, 7) is 2.09. The van der Waals surface area contributed by atoms with Gasteiger partial charge in [-0.25, -0.2) is 9.97 Å². The van der Waals surface area contributed by atoms with Crippen molar-refractivity contribution in [1.82, 2.24) is 9.97 Å². The molecule has 3 aromatic rings. The average molecular weight is 351 g/mol. The maximum absolute atomic E-state index is 6.09. The summed E-state index contributed by atoms with van der Waals surface area (Å²) < 4.78 is 0. The van der Waals surface area contributed by atoms with Gasteiger partial charge in [0, 0.05) is 35.4 Å². The largest absolute Gasteiger partial charge is 0.356 e. The zero-order valence-electron chi connectivity index (χ0n) is 13.8. The van der Waals surface area contributed by atoms with Crippen molar-refractivity contribution in [1.29, 1.82) is 0 Å². The van der Waals surface area contributed by atoms with Crippen molar-refractivity contribution in [2.45, 2.75) is 12.8 Å². The van der Waals surface area contributed by atoms with Crippen molar-refractivity contribution in [2.24, 2.45) is 0 Å². The van der Waals surface area contributed by atoms with Gasteiger partial charge in [0.15, 0.2) is 5.82 Å². The van der Waals surface area contributed by atoms with E-state index in [9.17, 15) is 0 Å². The molecule has 1 aliphatic rings. The molecular formula is C20H19ClN4. The minimum absolute atomic E-state index is 0.696. The molecule has 4 nitrogen and oxygen atoms in total. The van der Waals surface area contributed by atoms with E-state index in [1.54, 1.807) is 0 Å². The van der Waals surface area contributed by atoms with Gasteiger partial charge in [-0.05, 0) is 31.0 Å². The van der Waals surface area contributed by atoms with Crippen LogP contribution >= 0.6 is 11.6 Å². The summed E-state index contributed by atoms with van der Waals surface area (Å²) in [5.41, 5.74) is 1.93. The van der Waals surface area contributed by atoms with Crippen LogP contribution in [0.2, 0.25) is 5.02 Å². The summed E-state index contributed by atoms with van der Waals surface area (Å²) >= 11 is 6.09. The van der Waals surface area contributed by atoms with Crippen LogP contribution in [0.1, 0.15) is 12.8 Å². The molecule has 0 saturated carbocycles. The Kier molecular flexibility index (Phi) is 4.53. The second kappa shape index (κ2) is 7.11. The predicted molar refractivity (Wildman–Crippen MR) is 104 cm³/mol. The van der Waals surface area contributed by atoms with Crippen LogP contribution in [0.3, 0.4) is 0 Å². The highest BCUT2D eigenvalue weighted by molar-refractivity contribution is 6.30. The van der Waals surface area contributed by atoms with Gasteiger partial charge in [0.05, 0.1) is 0 Å². The van der Waals surface area contributed by atoms with E-state index >= 15 is 0 Å². The molecule has 1 N–H and O–H groups in total. The smallest absolute Gasteiger partial charge is 0.163 e. The predicted octanol–water partition coefficient (Wildman–Crippen LogP) is 5.14. The number of halogens is 1. The van der Waals surface area contributed by atoms with Gasteiger partial charge in [-0.2, -0.15) is 0 Å². The molecule has 0 unspecified atom stereocenters. The lowest BCUT2D eigenvalue weighted by Gasteiger charge is -2.18. The third-order valence-corrected chi connectivity index (χ3v) is 4.51. The number of nitrogens with zero attached hydrogens (tertiary/aromatic N) is 3. The van der Waals surface area contributed by atoms with Gasteiger partial charge in [0.25, 0.3) is 0 Å². The topological polar surface area (TPSA) is 41.0 Å². The molecule has 0 amide bonds. The highest BCUT2D eigenvalue weighted by Crippen LogP contribution is 2.27. The standard InChI is InChI=1S/C20H19ClN4/c21-16-9-6-10-17(13-16)22-18-14-19(25-11-4-5-12-25)24-20(23-18)15-7-2-1-3-8-15/h1-3,6-10,13-14H,4-5,11-12H2,(H,22,23,24). The highest BCUT2D eigenvalue weighted by Gasteiger charge is 2.16. The quantitative estimate of drug-likeness (QED) is 0.707. The normalized spacial score (nSPS) is 13.9. The van der Waals surface area contributed by atoms with Crippen LogP contribution in [0.25, 0.3) is 11.4 Å². The fraction of sp³-hybridized carbons (Fsp3) is 0.200. The van der Waals surface area contributed by atoms with Crippen molar-refractivity contribution in [3.63, 3.8) is 0 Å². The van der Waals surface area contributed by atoms with Gasteiger partial charge in [0.1, 0.15) is 11.6 Å². The van der Waals surface area contributed by atoms with Crippen LogP contribution < -0.4 is 10.2 Å². The first-order chi connectivity index (χ1) is 12.3. The number of benzene rings is 2. The Morgan fingerprint density at radius 1 is 0.880 bits per heavy atom. The second-order valence-corrected chi connectivity index (χ2v) is 6.57. The van der Waals surface area contributed by atoms with E-state index in [1.807, 2.05) is 60.7 Å². The number of hydrogen-bond donors (Lipinski definition) is 1. The first-order valence-corrected chi connectivity index (χ1v) is 8.88. The van der Waals surface area contributed by atoms with Crippen molar-refractivity contribution >= 4 is 28.9 Å². The van der Waals surface area contributed by atoms with Crippen LogP contribution in [-0.2, 0) is 0 Å². The molecular weight excluding hydrogens is 332 g/mol. The maximum atomic E-state index is 6.09. The lowest BCUT2D eigenvalue weighted by molar-refractivity contribution is 0.931. The van der Waals surface area contributed by atoms with Crippen LogP contribution in [0.5, 0.6) is 0 Å². The summed E-state index contributed by atoms with van der Waals surface area (Å²) in [7, 11) is 0. The van der Waals surface area contributed by atoms with E-state index in [-0.39, 0.29) is 0 Å². The van der Waals surface area contributed by atoms with Gasteiger partial charge < -0.3 is 10.2 Å². The minimum Gasteiger partial charge on any atom is -0.356 e. The zero-order valence-corrected chi connectivity index (χ0v) is 14.6. The highest BCUT2D eigenvalue weighted by atomic mass is 35.5. The molecule has 1 aliphatic heterocycles. The fourth-order valence-corrected chi connectivity index (χ4v) is 3.23. The number of hydrogen-bond acceptors (Lipinski definition) is 4. The van der Waals surface area contributed by atoms with Gasteiger partial charge in [-0.3, -0.25) is 0 Å². The number of anilines is 3. The Morgan fingerprint density at radius 2 is 1.68 bits per heavy atom. The molecule has 1 saturated heterocycles. The van der Waals surface area contributed by atoms with Crippen LogP contribution in [-0.4, -0.2) is 23.1 Å². The van der Waals surface area contributed by atoms with Gasteiger partial charge in [-0.15, -0.1) is 0 Å². The molecule has 0 aliphatic carbocycles. The molecule has 1 aromatic heterocycles. The van der Waals surface area contributed by atoms with E-state index in [2.05, 4.69) is 10.2 Å². The summed E-state index contributed by atoms with van der Waals surface area (Å²) in [4.78, 5) is 11.8. The molecule has 126 valence electrons. The van der Waals surface area contributed by atoms with Crippen LogP contribution in [0.4, 0.5) is 17.3 Å². The van der Waals surface area contributed by atoms with Gasteiger partial charge >= 0.3 is 0 Å². The first-order valence-electron chi connectivity index (χ1n) is 8.50. The van der Waals surface area contributed by atoms with Crippen LogP contribution in [0, 0.1) is 0 Å². The monoisotopic (exact) mass is 350 g/mol. The Bertz CT molecular complexity index is 861. The summed E-state index contributed by atoms with van der Waals surface area (Å²) in [5, 5.41) is 4.05. The molecule has 4 rings (SSSR count). The van der Waals surface area contributed by atoms with E-state index in [1.165, 1.54) is 12.8 Å². The Morgan fingerprint density at radius 3 is 2.44 bits per heavy atom. The van der Waals surface area contributed by atoms with Crippen molar-refractivity contribution < 1.29 is 0 Å². The van der Waals surface area contributed by atoms with Crippen LogP contribution in [0.15, 0.2) is 60.7 Å². The Labute approximate surface area is 152 Å². The van der Waals surface area contributed by atoms with Gasteiger partial charge in [0.2, 0.25) is 0 Å². The van der Waals surface area contributed by atoms with E-state index in [0.29, 0.717) is 5.02 Å². The number of nitrogens with one attached hydrogen (secondary N) is 1. The SMILES string of the molecule is Clc1cccc(Nc2cc(N3CCCC3)nc(-c3ccccc3)n2)c1. The third-order valence-electron chi connectivity index (χ3n) is 4.27. The van der Waals surface area contributed by atoms with Crippen molar-refractivity contribution in [3.05, 3.63) is 65.7 Å². The first kappa shape index (κ1) is 15.9. The molecule has 0 radical (unpaired) electrons. The third kappa shape index (κ3) is 3.74. The van der Waals surface area contributed by atoms with E-state index < -0.39 is 0 Å². The van der Waals surface area contributed by atoms with E-state index in [4.69, 9.17) is 21.6 Å². The number of aromatic nitrogens is 2. The summed E-state index contributed by atoms with van der Waals surface area (Å²) in [6.07, 6.45) is 2.42. The minimum atomic E-state index is 0.696. The van der Waals surface area contributed by atoms with E-state index in [0.717, 1.165) is 41.8 Å². The second-order valence-electron chi connectivity index (χ2n) is 6.13. The average Bonchev–Trinajstić information content (AvgIpc) is 3.17. The molecule has 0 bridgehead atoms. The molecule has 2 aromatic carbocycles. The Balaban J connectivity index is 1.73.